The van der Waals surface area contributed by atoms with Gasteiger partial charge in [-0.05, 0) is 25.3 Å². The van der Waals surface area contributed by atoms with Crippen LogP contribution < -0.4 is 5.73 Å². The number of aromatic nitrogens is 1. The van der Waals surface area contributed by atoms with Gasteiger partial charge in [-0.25, -0.2) is 4.98 Å². The molecule has 122 valence electrons. The van der Waals surface area contributed by atoms with E-state index in [4.69, 9.17) is 5.73 Å². The van der Waals surface area contributed by atoms with E-state index in [1.807, 2.05) is 30.0 Å². The van der Waals surface area contributed by atoms with Crippen LogP contribution in [0.25, 0.3) is 0 Å². The highest BCUT2D eigenvalue weighted by Crippen LogP contribution is 2.29. The van der Waals surface area contributed by atoms with Gasteiger partial charge in [-0.15, -0.1) is 11.3 Å². The number of hydrogen-bond donors (Lipinski definition) is 1. The van der Waals surface area contributed by atoms with Crippen LogP contribution in [0.1, 0.15) is 45.2 Å². The third-order valence-corrected chi connectivity index (χ3v) is 5.58. The van der Waals surface area contributed by atoms with E-state index in [0.29, 0.717) is 13.1 Å². The standard InChI is InChI=1S/C18H23N3OS/c1-3-7-16-20-12(2)17(23-16)18(22)21-10-14(15(19)11-21)13-8-5-4-6-9-13/h4-6,8-9,14-15H,3,7,10-11,19H2,1-2H3/t14-,15+/m0/s1. The van der Waals surface area contributed by atoms with Crippen LogP contribution in [0.4, 0.5) is 0 Å². The minimum Gasteiger partial charge on any atom is -0.336 e. The Morgan fingerprint density at radius 2 is 2.09 bits per heavy atom. The molecule has 0 spiro atoms. The number of benzene rings is 1. The molecule has 2 aromatic rings. The predicted octanol–water partition coefficient (Wildman–Crippen LogP) is 2.97. The molecule has 4 nitrogen and oxygen atoms in total. The second-order valence-corrected chi connectivity index (χ2v) is 7.25. The molecular formula is C18H23N3OS. The topological polar surface area (TPSA) is 59.2 Å². The minimum atomic E-state index is -0.00955. The summed E-state index contributed by atoms with van der Waals surface area (Å²) in [7, 11) is 0. The van der Waals surface area contributed by atoms with Crippen LogP contribution in [0, 0.1) is 6.92 Å². The molecule has 0 bridgehead atoms. The van der Waals surface area contributed by atoms with Gasteiger partial charge >= 0.3 is 0 Å². The lowest BCUT2D eigenvalue weighted by Crippen LogP contribution is -2.32. The number of nitrogens with zero attached hydrogens (tertiary/aromatic N) is 2. The molecule has 2 N–H and O–H groups in total. The maximum atomic E-state index is 12.8. The van der Waals surface area contributed by atoms with Crippen LogP contribution >= 0.6 is 11.3 Å². The first-order valence-corrected chi connectivity index (χ1v) is 8.98. The zero-order valence-corrected chi connectivity index (χ0v) is 14.5. The number of aryl methyl sites for hydroxylation is 2. The zero-order chi connectivity index (χ0) is 16.4. The van der Waals surface area contributed by atoms with Gasteiger partial charge in [0.1, 0.15) is 4.88 Å². The van der Waals surface area contributed by atoms with Gasteiger partial charge in [-0.2, -0.15) is 0 Å². The van der Waals surface area contributed by atoms with Gasteiger partial charge in [-0.3, -0.25) is 4.79 Å². The van der Waals surface area contributed by atoms with E-state index in [0.717, 1.165) is 28.4 Å². The molecule has 1 aromatic carbocycles. The summed E-state index contributed by atoms with van der Waals surface area (Å²) in [6.07, 6.45) is 1.98. The summed E-state index contributed by atoms with van der Waals surface area (Å²) in [5.74, 6) is 0.291. The summed E-state index contributed by atoms with van der Waals surface area (Å²) in [4.78, 5) is 20.0. The van der Waals surface area contributed by atoms with Crippen molar-refractivity contribution in [2.24, 2.45) is 5.73 Å². The third kappa shape index (κ3) is 3.31. The summed E-state index contributed by atoms with van der Waals surface area (Å²) in [5, 5.41) is 1.05. The molecule has 1 amide bonds. The first-order chi connectivity index (χ1) is 11.1. The molecule has 2 heterocycles. The van der Waals surface area contributed by atoms with Crippen molar-refractivity contribution in [1.29, 1.82) is 0 Å². The monoisotopic (exact) mass is 329 g/mol. The average molecular weight is 329 g/mol. The highest BCUT2D eigenvalue weighted by molar-refractivity contribution is 7.13. The molecule has 1 fully saturated rings. The first-order valence-electron chi connectivity index (χ1n) is 8.16. The SMILES string of the molecule is CCCc1nc(C)c(C(=O)N2C[C@@H](N)[C@H](c3ccccc3)C2)s1. The molecule has 0 aliphatic carbocycles. The van der Waals surface area contributed by atoms with Gasteiger partial charge in [-0.1, -0.05) is 37.3 Å². The third-order valence-electron chi connectivity index (χ3n) is 4.38. The normalized spacial score (nSPS) is 20.9. The van der Waals surface area contributed by atoms with Crippen LogP contribution in [0.5, 0.6) is 0 Å². The van der Waals surface area contributed by atoms with Crippen molar-refractivity contribution in [1.82, 2.24) is 9.88 Å². The van der Waals surface area contributed by atoms with Gasteiger partial charge in [0.25, 0.3) is 5.91 Å². The molecular weight excluding hydrogens is 306 g/mol. The van der Waals surface area contributed by atoms with E-state index in [1.165, 1.54) is 16.9 Å². The van der Waals surface area contributed by atoms with Crippen LogP contribution in [0.3, 0.4) is 0 Å². The van der Waals surface area contributed by atoms with E-state index in [-0.39, 0.29) is 17.9 Å². The number of hydrogen-bond acceptors (Lipinski definition) is 4. The van der Waals surface area contributed by atoms with Crippen LogP contribution in [0.2, 0.25) is 0 Å². The predicted molar refractivity (Wildman–Crippen MR) is 93.9 cm³/mol. The average Bonchev–Trinajstić information content (AvgIpc) is 3.11. The van der Waals surface area contributed by atoms with E-state index in [9.17, 15) is 4.79 Å². The Morgan fingerprint density at radius 1 is 1.35 bits per heavy atom. The lowest BCUT2D eigenvalue weighted by molar-refractivity contribution is 0.0793. The summed E-state index contributed by atoms with van der Waals surface area (Å²) in [5.41, 5.74) is 8.36. The van der Waals surface area contributed by atoms with Gasteiger partial charge in [0.15, 0.2) is 0 Å². The van der Waals surface area contributed by atoms with Crippen LogP contribution in [-0.2, 0) is 6.42 Å². The molecule has 1 saturated heterocycles. The quantitative estimate of drug-likeness (QED) is 0.938. The summed E-state index contributed by atoms with van der Waals surface area (Å²) in [6.45, 7) is 5.35. The smallest absolute Gasteiger partial charge is 0.265 e. The fourth-order valence-corrected chi connectivity index (χ4v) is 4.30. The molecule has 1 aliphatic rings. The van der Waals surface area contributed by atoms with E-state index in [2.05, 4.69) is 24.0 Å². The van der Waals surface area contributed by atoms with Gasteiger partial charge in [0.05, 0.1) is 10.7 Å². The fourth-order valence-electron chi connectivity index (χ4n) is 3.16. The summed E-state index contributed by atoms with van der Waals surface area (Å²) in [6, 6.07) is 10.2. The van der Waals surface area contributed by atoms with Gasteiger partial charge < -0.3 is 10.6 Å². The van der Waals surface area contributed by atoms with E-state index < -0.39 is 0 Å². The Morgan fingerprint density at radius 3 is 2.78 bits per heavy atom. The number of likely N-dealkylation sites (tertiary alicyclic amines) is 1. The van der Waals surface area contributed by atoms with Crippen molar-refractivity contribution in [2.75, 3.05) is 13.1 Å². The van der Waals surface area contributed by atoms with Crippen molar-refractivity contribution in [2.45, 2.75) is 38.6 Å². The maximum Gasteiger partial charge on any atom is 0.265 e. The lowest BCUT2D eigenvalue weighted by atomic mass is 9.95. The Bertz CT molecular complexity index is 683. The van der Waals surface area contributed by atoms with Crippen molar-refractivity contribution < 1.29 is 4.79 Å². The van der Waals surface area contributed by atoms with E-state index in [1.54, 1.807) is 0 Å². The first kappa shape index (κ1) is 16.1. The number of nitrogens with two attached hydrogens (primary N) is 1. The number of carbonyl (C=O) groups excluding carboxylic acids is 1. The maximum absolute atomic E-state index is 12.8. The molecule has 1 aromatic heterocycles. The molecule has 0 unspecified atom stereocenters. The van der Waals surface area contributed by atoms with E-state index >= 15 is 0 Å². The molecule has 0 saturated carbocycles. The second kappa shape index (κ2) is 6.81. The highest BCUT2D eigenvalue weighted by Gasteiger charge is 2.35. The molecule has 2 atom stereocenters. The van der Waals surface area contributed by atoms with Gasteiger partial charge in [0, 0.05) is 25.0 Å². The number of amides is 1. The summed E-state index contributed by atoms with van der Waals surface area (Å²) >= 11 is 1.53. The summed E-state index contributed by atoms with van der Waals surface area (Å²) < 4.78 is 0. The molecule has 5 heteroatoms. The van der Waals surface area contributed by atoms with Crippen molar-refractivity contribution in [3.63, 3.8) is 0 Å². The minimum absolute atomic E-state index is 0.00955. The Labute approximate surface area is 141 Å². The fraction of sp³-hybridized carbons (Fsp3) is 0.444. The lowest BCUT2D eigenvalue weighted by Gasteiger charge is -2.16. The zero-order valence-electron chi connectivity index (χ0n) is 13.7. The highest BCUT2D eigenvalue weighted by atomic mass is 32.1. The largest absolute Gasteiger partial charge is 0.336 e. The number of carbonyl (C=O) groups is 1. The second-order valence-electron chi connectivity index (χ2n) is 6.16. The van der Waals surface area contributed by atoms with Crippen LogP contribution in [-0.4, -0.2) is 34.9 Å². The van der Waals surface area contributed by atoms with Crippen LogP contribution in [0.15, 0.2) is 30.3 Å². The van der Waals surface area contributed by atoms with Crippen molar-refractivity contribution in [3.8, 4) is 0 Å². The molecule has 0 radical (unpaired) electrons. The van der Waals surface area contributed by atoms with Crippen molar-refractivity contribution in [3.05, 3.63) is 51.5 Å². The van der Waals surface area contributed by atoms with Gasteiger partial charge in [0.2, 0.25) is 0 Å². The number of thiazole rings is 1. The Hall–Kier alpha value is -1.72. The molecule has 3 rings (SSSR count). The van der Waals surface area contributed by atoms with Crippen molar-refractivity contribution >= 4 is 17.2 Å². The molecule has 23 heavy (non-hydrogen) atoms. The Balaban J connectivity index is 1.76. The Kier molecular flexibility index (Phi) is 4.78. The molecule has 1 aliphatic heterocycles. The number of rotatable bonds is 4.